The quantitative estimate of drug-likeness (QED) is 0.652. The number of nitrogens with one attached hydrogen (secondary N) is 2. The fourth-order valence-corrected chi connectivity index (χ4v) is 1.91. The Kier molecular flexibility index (Phi) is 4.11. The van der Waals surface area contributed by atoms with Crippen LogP contribution in [0.3, 0.4) is 0 Å². The van der Waals surface area contributed by atoms with Crippen LogP contribution >= 0.6 is 11.3 Å². The minimum absolute atomic E-state index is 0.181. The molecule has 0 bridgehead atoms. The molecule has 0 aliphatic heterocycles. The van der Waals surface area contributed by atoms with Gasteiger partial charge in [-0.1, -0.05) is 0 Å². The van der Waals surface area contributed by atoms with Crippen molar-refractivity contribution in [2.24, 2.45) is 4.99 Å². The molecule has 0 fully saturated rings. The van der Waals surface area contributed by atoms with Gasteiger partial charge < -0.3 is 10.6 Å². The highest BCUT2D eigenvalue weighted by Crippen LogP contribution is 2.14. The molecule has 2 aromatic rings. The van der Waals surface area contributed by atoms with E-state index in [4.69, 9.17) is 0 Å². The first-order valence-electron chi connectivity index (χ1n) is 5.96. The standard InChI is InChI=1S/C13H17N5S/c1-13(2,3)18-11(17-12-15-8-9-19-12)16-10-4-6-14-7-5-10/h4-9H,1-3H3,(H2,14,15,16,17,18). The molecule has 6 heteroatoms. The lowest BCUT2D eigenvalue weighted by molar-refractivity contribution is 0.583. The summed E-state index contributed by atoms with van der Waals surface area (Å²) < 4.78 is 0. The molecule has 0 spiro atoms. The highest BCUT2D eigenvalue weighted by atomic mass is 32.1. The van der Waals surface area contributed by atoms with Crippen LogP contribution in [0.4, 0.5) is 10.8 Å². The van der Waals surface area contributed by atoms with Gasteiger partial charge in [0.25, 0.3) is 0 Å². The summed E-state index contributed by atoms with van der Waals surface area (Å²) in [6.45, 7) is 6.14. The Hall–Kier alpha value is -1.95. The van der Waals surface area contributed by atoms with Crippen molar-refractivity contribution in [2.45, 2.75) is 26.3 Å². The van der Waals surface area contributed by atoms with Crippen molar-refractivity contribution in [2.75, 3.05) is 10.6 Å². The highest BCUT2D eigenvalue weighted by Gasteiger charge is 2.11. The molecular formula is C13H17N5S. The van der Waals surface area contributed by atoms with E-state index in [1.165, 1.54) is 11.3 Å². The Bertz CT molecular complexity index is 528. The van der Waals surface area contributed by atoms with E-state index in [1.807, 2.05) is 38.3 Å². The molecule has 0 aromatic carbocycles. The van der Waals surface area contributed by atoms with Crippen molar-refractivity contribution in [3.05, 3.63) is 36.1 Å². The van der Waals surface area contributed by atoms with Gasteiger partial charge in [-0.2, -0.15) is 0 Å². The third-order valence-corrected chi connectivity index (χ3v) is 2.74. The second-order valence-corrected chi connectivity index (χ2v) is 5.85. The number of aromatic nitrogens is 2. The van der Waals surface area contributed by atoms with Crippen molar-refractivity contribution in [3.8, 4) is 0 Å². The van der Waals surface area contributed by atoms with Crippen LogP contribution in [-0.4, -0.2) is 21.5 Å². The number of guanidine groups is 1. The van der Waals surface area contributed by atoms with Gasteiger partial charge in [0.2, 0.25) is 5.96 Å². The highest BCUT2D eigenvalue weighted by molar-refractivity contribution is 7.13. The summed E-state index contributed by atoms with van der Waals surface area (Å²) in [6, 6.07) is 3.78. The van der Waals surface area contributed by atoms with Crippen LogP contribution < -0.4 is 10.6 Å². The molecular weight excluding hydrogens is 258 g/mol. The third-order valence-electron chi connectivity index (χ3n) is 2.05. The molecule has 0 unspecified atom stereocenters. The summed E-state index contributed by atoms with van der Waals surface area (Å²) in [5, 5.41) is 9.16. The SMILES string of the molecule is CC(C)(C)N=C(Nc1ccncc1)Nc1nccs1. The van der Waals surface area contributed by atoms with Gasteiger partial charge in [-0.25, -0.2) is 9.98 Å². The minimum atomic E-state index is -0.181. The van der Waals surface area contributed by atoms with Crippen LogP contribution in [0.15, 0.2) is 41.1 Å². The maximum Gasteiger partial charge on any atom is 0.202 e. The third kappa shape index (κ3) is 4.67. The Morgan fingerprint density at radius 1 is 1.16 bits per heavy atom. The van der Waals surface area contributed by atoms with Gasteiger partial charge in [0, 0.05) is 29.7 Å². The fraction of sp³-hybridized carbons (Fsp3) is 0.308. The van der Waals surface area contributed by atoms with E-state index in [0.717, 1.165) is 10.8 Å². The molecule has 0 aliphatic carbocycles. The normalized spacial score (nSPS) is 12.3. The number of anilines is 2. The van der Waals surface area contributed by atoms with Crippen molar-refractivity contribution in [3.63, 3.8) is 0 Å². The Labute approximate surface area is 116 Å². The second kappa shape index (κ2) is 5.79. The van der Waals surface area contributed by atoms with E-state index in [2.05, 4.69) is 25.6 Å². The maximum atomic E-state index is 4.62. The van der Waals surface area contributed by atoms with Crippen molar-refractivity contribution in [1.82, 2.24) is 9.97 Å². The molecule has 2 aromatic heterocycles. The molecule has 19 heavy (non-hydrogen) atoms. The molecule has 0 amide bonds. The first kappa shape index (κ1) is 13.5. The van der Waals surface area contributed by atoms with Gasteiger partial charge in [0.05, 0.1) is 5.54 Å². The van der Waals surface area contributed by atoms with E-state index < -0.39 is 0 Å². The predicted octanol–water partition coefficient (Wildman–Crippen LogP) is 3.22. The van der Waals surface area contributed by atoms with Crippen LogP contribution in [0, 0.1) is 0 Å². The Morgan fingerprint density at radius 3 is 2.47 bits per heavy atom. The molecule has 0 aliphatic rings. The van der Waals surface area contributed by atoms with Crippen molar-refractivity contribution >= 4 is 28.1 Å². The van der Waals surface area contributed by atoms with E-state index >= 15 is 0 Å². The lowest BCUT2D eigenvalue weighted by Gasteiger charge is -2.17. The Morgan fingerprint density at radius 2 is 1.89 bits per heavy atom. The largest absolute Gasteiger partial charge is 0.326 e. The van der Waals surface area contributed by atoms with E-state index in [1.54, 1.807) is 18.6 Å². The molecule has 2 heterocycles. The molecule has 2 rings (SSSR count). The first-order valence-corrected chi connectivity index (χ1v) is 6.84. The summed E-state index contributed by atoms with van der Waals surface area (Å²) in [4.78, 5) is 12.8. The summed E-state index contributed by atoms with van der Waals surface area (Å²) in [7, 11) is 0. The van der Waals surface area contributed by atoms with Crippen LogP contribution in [0.2, 0.25) is 0 Å². The molecule has 100 valence electrons. The van der Waals surface area contributed by atoms with Gasteiger partial charge in [-0.3, -0.25) is 4.98 Å². The number of hydrogen-bond acceptors (Lipinski definition) is 4. The van der Waals surface area contributed by atoms with Gasteiger partial charge in [0.1, 0.15) is 0 Å². The van der Waals surface area contributed by atoms with Crippen molar-refractivity contribution < 1.29 is 0 Å². The molecule has 2 N–H and O–H groups in total. The van der Waals surface area contributed by atoms with Gasteiger partial charge in [0.15, 0.2) is 5.13 Å². The minimum Gasteiger partial charge on any atom is -0.326 e. The van der Waals surface area contributed by atoms with Gasteiger partial charge >= 0.3 is 0 Å². The number of hydrogen-bond donors (Lipinski definition) is 2. The lowest BCUT2D eigenvalue weighted by Crippen LogP contribution is -2.26. The monoisotopic (exact) mass is 275 g/mol. The predicted molar refractivity (Wildman–Crippen MR) is 80.8 cm³/mol. The second-order valence-electron chi connectivity index (χ2n) is 4.95. The van der Waals surface area contributed by atoms with Gasteiger partial charge in [-0.15, -0.1) is 11.3 Å². The summed E-state index contributed by atoms with van der Waals surface area (Å²) in [5.41, 5.74) is 0.752. The smallest absolute Gasteiger partial charge is 0.202 e. The Balaban J connectivity index is 2.17. The average molecular weight is 275 g/mol. The van der Waals surface area contributed by atoms with Crippen LogP contribution in [0.1, 0.15) is 20.8 Å². The molecule has 5 nitrogen and oxygen atoms in total. The number of thiazole rings is 1. The van der Waals surface area contributed by atoms with E-state index in [9.17, 15) is 0 Å². The topological polar surface area (TPSA) is 62.2 Å². The number of pyridine rings is 1. The van der Waals surface area contributed by atoms with E-state index in [-0.39, 0.29) is 5.54 Å². The molecule has 0 saturated heterocycles. The fourth-order valence-electron chi connectivity index (χ4n) is 1.38. The van der Waals surface area contributed by atoms with Crippen LogP contribution in [0.5, 0.6) is 0 Å². The zero-order chi connectivity index (χ0) is 13.7. The molecule has 0 atom stereocenters. The average Bonchev–Trinajstić information content (AvgIpc) is 2.81. The van der Waals surface area contributed by atoms with E-state index in [0.29, 0.717) is 5.96 Å². The lowest BCUT2D eigenvalue weighted by atomic mass is 10.1. The molecule has 0 radical (unpaired) electrons. The first-order chi connectivity index (χ1) is 9.03. The van der Waals surface area contributed by atoms with Crippen LogP contribution in [0.25, 0.3) is 0 Å². The number of rotatable bonds is 2. The number of nitrogens with zero attached hydrogens (tertiary/aromatic N) is 3. The zero-order valence-electron chi connectivity index (χ0n) is 11.2. The summed E-state index contributed by atoms with van der Waals surface area (Å²) in [6.07, 6.45) is 5.23. The number of aliphatic imine (C=N–C) groups is 1. The van der Waals surface area contributed by atoms with Gasteiger partial charge in [-0.05, 0) is 32.9 Å². The summed E-state index contributed by atoms with van der Waals surface area (Å²) in [5.74, 6) is 0.675. The van der Waals surface area contributed by atoms with Crippen molar-refractivity contribution in [1.29, 1.82) is 0 Å². The maximum absolute atomic E-state index is 4.62. The summed E-state index contributed by atoms with van der Waals surface area (Å²) >= 11 is 1.53. The molecule has 0 saturated carbocycles. The van der Waals surface area contributed by atoms with Crippen LogP contribution in [-0.2, 0) is 0 Å². The zero-order valence-corrected chi connectivity index (χ0v) is 12.0.